The van der Waals surface area contributed by atoms with Crippen LogP contribution in [-0.2, 0) is 0 Å². The topological polar surface area (TPSA) is 20.2 Å². The number of hydrogen-bond donors (Lipinski definition) is 1. The molecule has 0 fully saturated rings. The molecule has 15 heavy (non-hydrogen) atoms. The van der Waals surface area contributed by atoms with E-state index < -0.39 is 6.10 Å². The summed E-state index contributed by atoms with van der Waals surface area (Å²) in [5, 5.41) is 10.9. The summed E-state index contributed by atoms with van der Waals surface area (Å²) in [6.07, 6.45) is 4.22. The van der Waals surface area contributed by atoms with Crippen molar-refractivity contribution in [1.82, 2.24) is 0 Å². The minimum Gasteiger partial charge on any atom is -0.392 e. The molecule has 0 bridgehead atoms. The molecule has 0 saturated heterocycles. The van der Waals surface area contributed by atoms with Crippen LogP contribution in [-0.4, -0.2) is 11.2 Å². The van der Waals surface area contributed by atoms with Gasteiger partial charge in [-0.1, -0.05) is 49.0 Å². The average Bonchev–Trinajstić information content (AvgIpc) is 2.19. The first-order valence-corrected chi connectivity index (χ1v) is 5.87. The van der Waals surface area contributed by atoms with Crippen molar-refractivity contribution in [3.63, 3.8) is 0 Å². The van der Waals surface area contributed by atoms with E-state index in [-0.39, 0.29) is 0 Å². The number of rotatable bonds is 5. The molecule has 0 unspecified atom stereocenters. The van der Waals surface area contributed by atoms with Crippen LogP contribution < -0.4 is 0 Å². The molecule has 0 aromatic heterocycles. The highest BCUT2D eigenvalue weighted by Crippen LogP contribution is 2.23. The Morgan fingerprint density at radius 3 is 2.73 bits per heavy atom. The second-order valence-corrected chi connectivity index (χ2v) is 4.39. The summed E-state index contributed by atoms with van der Waals surface area (Å²) in [6, 6.07) is 5.27. The summed E-state index contributed by atoms with van der Waals surface area (Å²) in [5.41, 5.74) is 0.838. The zero-order chi connectivity index (χ0) is 11.3. The summed E-state index contributed by atoms with van der Waals surface area (Å²) < 4.78 is 0. The summed E-state index contributed by atoms with van der Waals surface area (Å²) in [5.74, 6) is 0. The fraction of sp³-hybridized carbons (Fsp3) is 0.417. The lowest BCUT2D eigenvalue weighted by Gasteiger charge is -2.10. The van der Waals surface area contributed by atoms with Gasteiger partial charge in [0, 0.05) is 16.5 Å². The molecule has 0 spiro atoms. The third-order valence-corrected chi connectivity index (χ3v) is 2.75. The summed E-state index contributed by atoms with van der Waals surface area (Å²) >= 11 is 11.8. The molecule has 3 heteroatoms. The van der Waals surface area contributed by atoms with Crippen LogP contribution in [0.25, 0.3) is 0 Å². The summed E-state index contributed by atoms with van der Waals surface area (Å²) in [6.45, 7) is 2.10. The number of hydrogen-bond acceptors (Lipinski definition) is 1. The van der Waals surface area contributed by atoms with Crippen molar-refractivity contribution in [2.75, 3.05) is 0 Å². The summed E-state index contributed by atoms with van der Waals surface area (Å²) in [7, 11) is 0. The van der Waals surface area contributed by atoms with Gasteiger partial charge in [-0.2, -0.15) is 0 Å². The van der Waals surface area contributed by atoms with Gasteiger partial charge < -0.3 is 5.11 Å². The van der Waals surface area contributed by atoms with E-state index in [1.807, 2.05) is 6.07 Å². The molecule has 1 aromatic rings. The van der Waals surface area contributed by atoms with Crippen molar-refractivity contribution >= 4 is 23.2 Å². The van der Waals surface area contributed by atoms with Crippen LogP contribution in [0.5, 0.6) is 0 Å². The first-order valence-electron chi connectivity index (χ1n) is 5.11. The Labute approximate surface area is 101 Å². The Hall–Kier alpha value is -0.240. The molecular weight excluding hydrogens is 231 g/mol. The van der Waals surface area contributed by atoms with Gasteiger partial charge in [-0.3, -0.25) is 0 Å². The molecule has 1 aromatic carbocycles. The predicted octanol–water partition coefficient (Wildman–Crippen LogP) is 4.10. The highest BCUT2D eigenvalue weighted by atomic mass is 35.5. The number of halogens is 2. The number of aliphatic hydroxyl groups excluding tert-OH is 1. The van der Waals surface area contributed by atoms with E-state index in [2.05, 4.69) is 6.92 Å². The largest absolute Gasteiger partial charge is 0.392 e. The van der Waals surface area contributed by atoms with Gasteiger partial charge in [0.1, 0.15) is 0 Å². The van der Waals surface area contributed by atoms with Crippen LogP contribution in [0.2, 0.25) is 10.0 Å². The normalized spacial score (nSPS) is 12.8. The third kappa shape index (κ3) is 4.42. The lowest BCUT2D eigenvalue weighted by Crippen LogP contribution is -2.07. The second kappa shape index (κ2) is 6.37. The Kier molecular flexibility index (Phi) is 5.44. The number of aliphatic hydroxyl groups is 1. The molecule has 0 amide bonds. The second-order valence-electron chi connectivity index (χ2n) is 3.54. The first kappa shape index (κ1) is 12.8. The van der Waals surface area contributed by atoms with Gasteiger partial charge in [-0.05, 0) is 24.1 Å². The van der Waals surface area contributed by atoms with Crippen molar-refractivity contribution < 1.29 is 5.11 Å². The first-order chi connectivity index (χ1) is 7.13. The number of unbranched alkanes of at least 4 members (excludes halogenated alkanes) is 1. The molecule has 0 aliphatic rings. The van der Waals surface area contributed by atoms with Gasteiger partial charge in [0.25, 0.3) is 0 Å². The van der Waals surface area contributed by atoms with E-state index in [1.165, 1.54) is 0 Å². The molecule has 0 aliphatic heterocycles. The van der Waals surface area contributed by atoms with Gasteiger partial charge in [-0.25, -0.2) is 0 Å². The molecular formula is C12H15Cl2O. The summed E-state index contributed by atoms with van der Waals surface area (Å²) in [4.78, 5) is 0. The van der Waals surface area contributed by atoms with Crippen LogP contribution in [0.3, 0.4) is 0 Å². The Balaban J connectivity index is 2.56. The van der Waals surface area contributed by atoms with E-state index in [9.17, 15) is 5.11 Å². The van der Waals surface area contributed by atoms with Crippen molar-refractivity contribution in [1.29, 1.82) is 0 Å². The molecule has 1 N–H and O–H groups in total. The molecule has 1 rings (SSSR count). The van der Waals surface area contributed by atoms with Crippen molar-refractivity contribution in [3.8, 4) is 0 Å². The maximum Gasteiger partial charge on any atom is 0.0616 e. The maximum atomic E-state index is 9.68. The fourth-order valence-electron chi connectivity index (χ4n) is 1.34. The van der Waals surface area contributed by atoms with Crippen molar-refractivity contribution in [2.24, 2.45) is 0 Å². The molecule has 0 heterocycles. The van der Waals surface area contributed by atoms with Crippen LogP contribution >= 0.6 is 23.2 Å². The Bertz CT molecular complexity index is 312. The molecule has 1 atom stereocenters. The maximum absolute atomic E-state index is 9.68. The molecule has 1 nitrogen and oxygen atoms in total. The lowest BCUT2D eigenvalue weighted by atomic mass is 10.0. The standard InChI is InChI=1S/C12H15Cl2O/c1-2-3-4-11(15)7-9-5-6-10(13)8-12(9)14/h5-8,11,15H,2-4H2,1H3/t11-/m0/s1. The zero-order valence-corrected chi connectivity index (χ0v) is 10.2. The molecule has 0 aliphatic carbocycles. The number of benzene rings is 1. The van der Waals surface area contributed by atoms with Crippen LogP contribution in [0, 0.1) is 6.42 Å². The van der Waals surface area contributed by atoms with Crippen LogP contribution in [0.15, 0.2) is 18.2 Å². The highest BCUT2D eigenvalue weighted by molar-refractivity contribution is 6.35. The van der Waals surface area contributed by atoms with Gasteiger partial charge in [-0.15, -0.1) is 0 Å². The highest BCUT2D eigenvalue weighted by Gasteiger charge is 2.08. The molecule has 83 valence electrons. The smallest absolute Gasteiger partial charge is 0.0616 e. The average molecular weight is 246 g/mol. The van der Waals surface area contributed by atoms with E-state index >= 15 is 0 Å². The van der Waals surface area contributed by atoms with E-state index in [0.717, 1.165) is 24.8 Å². The Morgan fingerprint density at radius 1 is 1.40 bits per heavy atom. The monoisotopic (exact) mass is 245 g/mol. The van der Waals surface area contributed by atoms with Crippen molar-refractivity contribution in [3.05, 3.63) is 40.2 Å². The molecule has 0 saturated carbocycles. The van der Waals surface area contributed by atoms with Crippen LogP contribution in [0.4, 0.5) is 0 Å². The van der Waals surface area contributed by atoms with Crippen LogP contribution in [0.1, 0.15) is 31.7 Å². The Morgan fingerprint density at radius 2 is 2.13 bits per heavy atom. The molecule has 1 radical (unpaired) electrons. The van der Waals surface area contributed by atoms with Gasteiger partial charge in [0.05, 0.1) is 6.10 Å². The fourth-order valence-corrected chi connectivity index (χ4v) is 1.81. The van der Waals surface area contributed by atoms with Gasteiger partial charge in [0.2, 0.25) is 0 Å². The van der Waals surface area contributed by atoms with E-state index in [0.29, 0.717) is 10.0 Å². The van der Waals surface area contributed by atoms with Gasteiger partial charge >= 0.3 is 0 Å². The minimum atomic E-state index is -0.427. The quantitative estimate of drug-likeness (QED) is 0.829. The third-order valence-electron chi connectivity index (χ3n) is 2.19. The van der Waals surface area contributed by atoms with E-state index in [1.54, 1.807) is 18.6 Å². The minimum absolute atomic E-state index is 0.427. The SMILES string of the molecule is CCCC[C@H](O)[CH]c1ccc(Cl)cc1Cl. The van der Waals surface area contributed by atoms with Crippen molar-refractivity contribution in [2.45, 2.75) is 32.3 Å². The zero-order valence-electron chi connectivity index (χ0n) is 8.71. The van der Waals surface area contributed by atoms with Gasteiger partial charge in [0.15, 0.2) is 0 Å². The lowest BCUT2D eigenvalue weighted by molar-refractivity contribution is 0.196. The predicted molar refractivity (Wildman–Crippen MR) is 65.4 cm³/mol. The van der Waals surface area contributed by atoms with E-state index in [4.69, 9.17) is 23.2 Å².